The van der Waals surface area contributed by atoms with Crippen LogP contribution in [-0.2, 0) is 0 Å². The van der Waals surface area contributed by atoms with Crippen LogP contribution in [0.5, 0.6) is 0 Å². The number of hydrogen-bond donors (Lipinski definition) is 3. The highest BCUT2D eigenvalue weighted by molar-refractivity contribution is 7.08. The second kappa shape index (κ2) is 4.19. The molecular weight excluding hydrogens is 249 g/mol. The molecular formula is C10H9ClFN3S. The largest absolute Gasteiger partial charge is 0.397 e. The van der Waals surface area contributed by atoms with Crippen molar-refractivity contribution in [2.75, 3.05) is 16.8 Å². The third-order valence-corrected chi connectivity index (χ3v) is 3.12. The molecule has 2 aromatic rings. The zero-order chi connectivity index (χ0) is 11.7. The van der Waals surface area contributed by atoms with Crippen LogP contribution in [0.25, 0.3) is 0 Å². The molecule has 6 heteroatoms. The minimum Gasteiger partial charge on any atom is -0.397 e. The van der Waals surface area contributed by atoms with Crippen LogP contribution in [0.4, 0.5) is 27.1 Å². The van der Waals surface area contributed by atoms with Crippen molar-refractivity contribution in [3.8, 4) is 0 Å². The van der Waals surface area contributed by atoms with Crippen LogP contribution >= 0.6 is 22.9 Å². The second-order valence-electron chi connectivity index (χ2n) is 3.20. The molecule has 0 saturated carbocycles. The molecule has 84 valence electrons. The monoisotopic (exact) mass is 257 g/mol. The van der Waals surface area contributed by atoms with E-state index in [4.69, 9.17) is 23.1 Å². The van der Waals surface area contributed by atoms with E-state index in [9.17, 15) is 4.39 Å². The summed E-state index contributed by atoms with van der Waals surface area (Å²) >= 11 is 7.20. The Morgan fingerprint density at radius 2 is 2.06 bits per heavy atom. The first-order valence-electron chi connectivity index (χ1n) is 4.41. The lowest BCUT2D eigenvalue weighted by atomic mass is 10.2. The summed E-state index contributed by atoms with van der Waals surface area (Å²) in [4.78, 5) is 0. The summed E-state index contributed by atoms with van der Waals surface area (Å²) < 4.78 is 13.8. The molecule has 16 heavy (non-hydrogen) atoms. The molecule has 3 nitrogen and oxygen atoms in total. The fourth-order valence-corrected chi connectivity index (χ4v) is 2.01. The molecule has 0 radical (unpaired) electrons. The van der Waals surface area contributed by atoms with Crippen LogP contribution in [-0.4, -0.2) is 0 Å². The lowest BCUT2D eigenvalue weighted by Crippen LogP contribution is -2.02. The molecule has 0 amide bonds. The number of hydrogen-bond acceptors (Lipinski definition) is 4. The summed E-state index contributed by atoms with van der Waals surface area (Å²) in [6.45, 7) is 0. The van der Waals surface area contributed by atoms with E-state index in [1.54, 1.807) is 0 Å². The maximum absolute atomic E-state index is 13.8. The van der Waals surface area contributed by atoms with Gasteiger partial charge in [-0.05, 0) is 17.5 Å². The van der Waals surface area contributed by atoms with E-state index in [1.807, 2.05) is 16.8 Å². The first kappa shape index (κ1) is 11.0. The molecule has 1 aromatic carbocycles. The lowest BCUT2D eigenvalue weighted by molar-refractivity contribution is 0.633. The van der Waals surface area contributed by atoms with Crippen molar-refractivity contribution in [3.63, 3.8) is 0 Å². The van der Waals surface area contributed by atoms with E-state index < -0.39 is 5.82 Å². The van der Waals surface area contributed by atoms with E-state index >= 15 is 0 Å². The number of benzene rings is 1. The molecule has 0 saturated heterocycles. The molecule has 0 aliphatic rings. The fourth-order valence-electron chi connectivity index (χ4n) is 1.27. The first-order valence-corrected chi connectivity index (χ1v) is 5.74. The summed E-state index contributed by atoms with van der Waals surface area (Å²) in [6, 6.07) is 3.24. The van der Waals surface area contributed by atoms with E-state index in [0.29, 0.717) is 0 Å². The third kappa shape index (κ3) is 1.91. The number of nitrogens with two attached hydrogens (primary N) is 2. The topological polar surface area (TPSA) is 64.1 Å². The standard InChI is InChI=1S/C10H9ClFN3S/c11-8-6(13)3-7(14)10(9(8)12)15-5-1-2-16-4-5/h1-4,15H,13-14H2. The number of rotatable bonds is 2. The Balaban J connectivity index is 2.45. The van der Waals surface area contributed by atoms with Crippen molar-refractivity contribution in [2.45, 2.75) is 0 Å². The van der Waals surface area contributed by atoms with Crippen molar-refractivity contribution < 1.29 is 4.39 Å². The van der Waals surface area contributed by atoms with Gasteiger partial charge in [-0.1, -0.05) is 11.6 Å². The van der Waals surface area contributed by atoms with Gasteiger partial charge >= 0.3 is 0 Å². The van der Waals surface area contributed by atoms with Gasteiger partial charge in [-0.25, -0.2) is 4.39 Å². The molecule has 5 N–H and O–H groups in total. The normalized spacial score (nSPS) is 10.4. The summed E-state index contributed by atoms with van der Waals surface area (Å²) in [5.41, 5.74) is 12.4. The summed E-state index contributed by atoms with van der Waals surface area (Å²) in [5, 5.41) is 6.45. The van der Waals surface area contributed by atoms with Gasteiger partial charge in [-0.15, -0.1) is 0 Å². The van der Waals surface area contributed by atoms with Crippen molar-refractivity contribution in [2.24, 2.45) is 0 Å². The van der Waals surface area contributed by atoms with Crippen LogP contribution in [0, 0.1) is 5.82 Å². The van der Waals surface area contributed by atoms with E-state index in [1.165, 1.54) is 17.4 Å². The van der Waals surface area contributed by atoms with Crippen LogP contribution in [0.3, 0.4) is 0 Å². The number of nitrogens with one attached hydrogen (secondary N) is 1. The average Bonchev–Trinajstić information content (AvgIpc) is 2.74. The maximum Gasteiger partial charge on any atom is 0.169 e. The van der Waals surface area contributed by atoms with Gasteiger partial charge in [-0.3, -0.25) is 0 Å². The van der Waals surface area contributed by atoms with Gasteiger partial charge in [0.2, 0.25) is 0 Å². The molecule has 1 aromatic heterocycles. The highest BCUT2D eigenvalue weighted by Gasteiger charge is 2.14. The highest BCUT2D eigenvalue weighted by atomic mass is 35.5. The molecule has 1 heterocycles. The predicted octanol–water partition coefficient (Wildman–Crippen LogP) is 3.45. The van der Waals surface area contributed by atoms with Gasteiger partial charge in [0.05, 0.1) is 17.1 Å². The Morgan fingerprint density at radius 3 is 2.69 bits per heavy atom. The number of nitrogen functional groups attached to an aromatic ring is 2. The van der Waals surface area contributed by atoms with Crippen LogP contribution < -0.4 is 16.8 Å². The van der Waals surface area contributed by atoms with Gasteiger partial charge in [0.1, 0.15) is 5.02 Å². The summed E-state index contributed by atoms with van der Waals surface area (Å²) in [7, 11) is 0. The van der Waals surface area contributed by atoms with E-state index in [2.05, 4.69) is 5.32 Å². The molecule has 0 fully saturated rings. The number of halogens is 2. The smallest absolute Gasteiger partial charge is 0.169 e. The predicted molar refractivity (Wildman–Crippen MR) is 67.8 cm³/mol. The van der Waals surface area contributed by atoms with Crippen LogP contribution in [0.15, 0.2) is 22.9 Å². The van der Waals surface area contributed by atoms with Crippen molar-refractivity contribution >= 4 is 45.7 Å². The van der Waals surface area contributed by atoms with E-state index in [0.717, 1.165) is 5.69 Å². The summed E-state index contributed by atoms with van der Waals surface area (Å²) in [5.74, 6) is -0.634. The Hall–Kier alpha value is -1.46. The molecule has 0 aliphatic carbocycles. The first-order chi connectivity index (χ1) is 7.59. The van der Waals surface area contributed by atoms with Crippen LogP contribution in [0.1, 0.15) is 0 Å². The number of thiophene rings is 1. The molecule has 0 aliphatic heterocycles. The Bertz CT molecular complexity index is 513. The quantitative estimate of drug-likeness (QED) is 0.722. The minimum atomic E-state index is -0.634. The second-order valence-corrected chi connectivity index (χ2v) is 4.35. The van der Waals surface area contributed by atoms with Gasteiger partial charge in [0.15, 0.2) is 5.82 Å². The zero-order valence-corrected chi connectivity index (χ0v) is 9.70. The maximum atomic E-state index is 13.8. The SMILES string of the molecule is Nc1cc(N)c(Nc2ccsc2)c(F)c1Cl. The third-order valence-electron chi connectivity index (χ3n) is 2.06. The highest BCUT2D eigenvalue weighted by Crippen LogP contribution is 2.35. The molecule has 2 rings (SSSR count). The van der Waals surface area contributed by atoms with E-state index in [-0.39, 0.29) is 22.1 Å². The van der Waals surface area contributed by atoms with Crippen molar-refractivity contribution in [1.29, 1.82) is 0 Å². The average molecular weight is 258 g/mol. The molecule has 0 atom stereocenters. The fraction of sp³-hybridized carbons (Fsp3) is 0. The van der Waals surface area contributed by atoms with Crippen LogP contribution in [0.2, 0.25) is 5.02 Å². The zero-order valence-electron chi connectivity index (χ0n) is 8.13. The number of anilines is 4. The van der Waals surface area contributed by atoms with Gasteiger partial charge in [0, 0.05) is 11.1 Å². The Morgan fingerprint density at radius 1 is 1.31 bits per heavy atom. The molecule has 0 unspecified atom stereocenters. The van der Waals surface area contributed by atoms with Gasteiger partial charge < -0.3 is 16.8 Å². The van der Waals surface area contributed by atoms with Gasteiger partial charge in [0.25, 0.3) is 0 Å². The summed E-state index contributed by atoms with van der Waals surface area (Å²) in [6.07, 6.45) is 0. The Kier molecular flexibility index (Phi) is 2.89. The van der Waals surface area contributed by atoms with Gasteiger partial charge in [-0.2, -0.15) is 11.3 Å². The van der Waals surface area contributed by atoms with Crippen molar-refractivity contribution in [1.82, 2.24) is 0 Å². The van der Waals surface area contributed by atoms with Crippen molar-refractivity contribution in [3.05, 3.63) is 33.7 Å². The lowest BCUT2D eigenvalue weighted by Gasteiger charge is -2.11. The molecule has 0 spiro atoms. The Labute approximate surface area is 101 Å². The minimum absolute atomic E-state index is 0.119. The molecule has 0 bridgehead atoms.